The van der Waals surface area contributed by atoms with Crippen LogP contribution in [0.25, 0.3) is 0 Å². The van der Waals surface area contributed by atoms with Crippen molar-refractivity contribution in [3.8, 4) is 5.75 Å². The van der Waals surface area contributed by atoms with Crippen LogP contribution in [0.5, 0.6) is 5.75 Å². The zero-order valence-electron chi connectivity index (χ0n) is 17.1. The predicted octanol–water partition coefficient (Wildman–Crippen LogP) is 1.02. The predicted molar refractivity (Wildman–Crippen MR) is 104 cm³/mol. The highest BCUT2D eigenvalue weighted by Crippen LogP contribution is 2.26. The third-order valence-electron chi connectivity index (χ3n) is 6.00. The Kier molecular flexibility index (Phi) is 6.01. The smallest absolute Gasteiger partial charge is 0.225 e. The fourth-order valence-corrected chi connectivity index (χ4v) is 4.24. The lowest BCUT2D eigenvalue weighted by Gasteiger charge is -2.32. The number of aromatic nitrogens is 1. The molecule has 4 heterocycles. The number of amides is 2. The Morgan fingerprint density at radius 1 is 1.07 bits per heavy atom. The van der Waals surface area contributed by atoms with E-state index < -0.39 is 0 Å². The van der Waals surface area contributed by atoms with Gasteiger partial charge < -0.3 is 24.0 Å². The zero-order chi connectivity index (χ0) is 20.4. The van der Waals surface area contributed by atoms with E-state index in [1.807, 2.05) is 28.9 Å². The molecule has 2 atom stereocenters. The molecule has 4 rings (SSSR count). The average molecular weight is 403 g/mol. The number of pyridine rings is 1. The molecule has 1 aromatic rings. The third-order valence-corrected chi connectivity index (χ3v) is 6.00. The molecule has 0 N–H and O–H groups in total. The Hall–Kier alpha value is -2.19. The Morgan fingerprint density at radius 3 is 2.28 bits per heavy atom. The van der Waals surface area contributed by atoms with Gasteiger partial charge in [0.2, 0.25) is 11.8 Å². The van der Waals surface area contributed by atoms with Crippen LogP contribution < -0.4 is 4.74 Å². The van der Waals surface area contributed by atoms with Crippen LogP contribution in [-0.4, -0.2) is 84.3 Å². The van der Waals surface area contributed by atoms with Gasteiger partial charge in [0.15, 0.2) is 0 Å². The van der Waals surface area contributed by atoms with Crippen LogP contribution in [0.15, 0.2) is 18.3 Å². The molecule has 1 aromatic heterocycles. The van der Waals surface area contributed by atoms with Gasteiger partial charge in [-0.05, 0) is 31.9 Å². The number of rotatable bonds is 3. The molecule has 29 heavy (non-hydrogen) atoms. The normalized spacial score (nSPS) is 26.1. The lowest BCUT2D eigenvalue weighted by atomic mass is 9.95. The Labute approximate surface area is 171 Å². The minimum absolute atomic E-state index is 0.0157. The van der Waals surface area contributed by atoms with Crippen molar-refractivity contribution in [1.29, 1.82) is 0 Å². The first-order valence-electron chi connectivity index (χ1n) is 10.4. The summed E-state index contributed by atoms with van der Waals surface area (Å²) in [4.78, 5) is 32.3. The summed E-state index contributed by atoms with van der Waals surface area (Å²) in [6, 6.07) is 3.80. The number of hydrogen-bond acceptors (Lipinski definition) is 6. The Balaban J connectivity index is 1.27. The van der Waals surface area contributed by atoms with E-state index in [2.05, 4.69) is 4.98 Å². The number of nitrogens with zero attached hydrogens (tertiary/aromatic N) is 3. The number of likely N-dealkylation sites (tertiary alicyclic amines) is 2. The molecule has 158 valence electrons. The first-order valence-corrected chi connectivity index (χ1v) is 10.4. The number of carbonyl (C=O) groups excluding carboxylic acids is 2. The number of aryl methyl sites for hydroxylation is 1. The molecule has 0 bridgehead atoms. The number of ether oxygens (including phenoxy) is 3. The lowest BCUT2D eigenvalue weighted by Crippen LogP contribution is -2.43. The fourth-order valence-electron chi connectivity index (χ4n) is 4.24. The molecule has 8 heteroatoms. The highest BCUT2D eigenvalue weighted by atomic mass is 16.6. The van der Waals surface area contributed by atoms with E-state index in [9.17, 15) is 9.59 Å². The maximum Gasteiger partial charge on any atom is 0.225 e. The molecule has 3 fully saturated rings. The van der Waals surface area contributed by atoms with Crippen LogP contribution >= 0.6 is 0 Å². The monoisotopic (exact) mass is 403 g/mol. The van der Waals surface area contributed by atoms with Gasteiger partial charge in [0.1, 0.15) is 24.1 Å². The summed E-state index contributed by atoms with van der Waals surface area (Å²) < 4.78 is 18.0. The summed E-state index contributed by atoms with van der Waals surface area (Å²) in [5.41, 5.74) is 0.942. The van der Waals surface area contributed by atoms with Gasteiger partial charge in [0.05, 0.1) is 19.4 Å². The van der Waals surface area contributed by atoms with E-state index >= 15 is 0 Å². The van der Waals surface area contributed by atoms with Crippen molar-refractivity contribution in [2.45, 2.75) is 45.0 Å². The van der Waals surface area contributed by atoms with Gasteiger partial charge in [-0.3, -0.25) is 14.6 Å². The van der Waals surface area contributed by atoms with Crippen molar-refractivity contribution in [1.82, 2.24) is 14.8 Å². The first-order chi connectivity index (χ1) is 14.0. The number of piperidine rings is 1. The number of carbonyl (C=O) groups is 2. The van der Waals surface area contributed by atoms with E-state index in [1.54, 1.807) is 13.1 Å². The van der Waals surface area contributed by atoms with E-state index in [4.69, 9.17) is 14.2 Å². The van der Waals surface area contributed by atoms with E-state index in [-0.39, 0.29) is 36.0 Å². The van der Waals surface area contributed by atoms with Crippen molar-refractivity contribution in [2.24, 2.45) is 5.92 Å². The summed E-state index contributed by atoms with van der Waals surface area (Å²) in [6.45, 7) is 6.78. The van der Waals surface area contributed by atoms with Crippen molar-refractivity contribution >= 4 is 11.8 Å². The lowest BCUT2D eigenvalue weighted by molar-refractivity contribution is -0.140. The van der Waals surface area contributed by atoms with Gasteiger partial charge in [0, 0.05) is 44.7 Å². The van der Waals surface area contributed by atoms with Gasteiger partial charge in [-0.15, -0.1) is 0 Å². The minimum Gasteiger partial charge on any atom is -0.484 e. The topological polar surface area (TPSA) is 81.2 Å². The van der Waals surface area contributed by atoms with Gasteiger partial charge in [-0.1, -0.05) is 0 Å². The van der Waals surface area contributed by atoms with E-state index in [1.165, 1.54) is 0 Å². The summed E-state index contributed by atoms with van der Waals surface area (Å²) >= 11 is 0. The minimum atomic E-state index is -0.190. The molecule has 3 aliphatic heterocycles. The van der Waals surface area contributed by atoms with Crippen molar-refractivity contribution < 1.29 is 23.8 Å². The van der Waals surface area contributed by atoms with Crippen LogP contribution in [-0.2, 0) is 19.1 Å². The van der Waals surface area contributed by atoms with Gasteiger partial charge in [0.25, 0.3) is 0 Å². The molecule has 3 aliphatic rings. The second-order valence-corrected chi connectivity index (χ2v) is 8.14. The SMILES string of the molecule is CC(=O)N1CCC(C(=O)N2C[C@@H]3OCC(Oc4ccc(C)nc4)CO[C@H]3C2)CC1. The molecular weight excluding hydrogens is 374 g/mol. The summed E-state index contributed by atoms with van der Waals surface area (Å²) in [6.07, 6.45) is 2.73. The number of hydrogen-bond donors (Lipinski definition) is 0. The molecule has 3 saturated heterocycles. The van der Waals surface area contributed by atoms with Crippen LogP contribution in [0.1, 0.15) is 25.5 Å². The molecule has 0 aromatic carbocycles. The molecule has 0 unspecified atom stereocenters. The zero-order valence-corrected chi connectivity index (χ0v) is 17.1. The average Bonchev–Trinajstić information content (AvgIpc) is 3.05. The molecule has 2 amide bonds. The Bertz CT molecular complexity index is 716. The van der Waals surface area contributed by atoms with Crippen LogP contribution in [0.2, 0.25) is 0 Å². The highest BCUT2D eigenvalue weighted by molar-refractivity contribution is 5.80. The van der Waals surface area contributed by atoms with Gasteiger partial charge >= 0.3 is 0 Å². The summed E-state index contributed by atoms with van der Waals surface area (Å²) in [5, 5.41) is 0. The first kappa shape index (κ1) is 20.1. The molecule has 0 saturated carbocycles. The van der Waals surface area contributed by atoms with Crippen LogP contribution in [0.3, 0.4) is 0 Å². The van der Waals surface area contributed by atoms with Crippen molar-refractivity contribution in [3.05, 3.63) is 24.0 Å². The van der Waals surface area contributed by atoms with Crippen molar-refractivity contribution in [2.75, 3.05) is 39.4 Å². The standard InChI is InChI=1S/C21H29N3O5/c1-14-3-4-17(9-22-14)29-18-12-27-19-10-24(11-20(19)28-13-18)21(26)16-5-7-23(8-6-16)15(2)25/h3-4,9,16,18-20H,5-8,10-13H2,1-2H3/t19-,20-/m0/s1. The second-order valence-electron chi connectivity index (χ2n) is 8.14. The van der Waals surface area contributed by atoms with Crippen molar-refractivity contribution in [3.63, 3.8) is 0 Å². The van der Waals surface area contributed by atoms with E-state index in [0.29, 0.717) is 45.1 Å². The summed E-state index contributed by atoms with van der Waals surface area (Å²) in [5.74, 6) is 0.929. The molecule has 0 spiro atoms. The van der Waals surface area contributed by atoms with Gasteiger partial charge in [-0.25, -0.2) is 0 Å². The Morgan fingerprint density at radius 2 is 1.72 bits per heavy atom. The molecule has 0 aliphatic carbocycles. The fraction of sp³-hybridized carbons (Fsp3) is 0.667. The quantitative estimate of drug-likeness (QED) is 0.750. The maximum atomic E-state index is 12.9. The summed E-state index contributed by atoms with van der Waals surface area (Å²) in [7, 11) is 0. The maximum absolute atomic E-state index is 12.9. The van der Waals surface area contributed by atoms with Crippen LogP contribution in [0, 0.1) is 12.8 Å². The molecular formula is C21H29N3O5. The van der Waals surface area contributed by atoms with Crippen LogP contribution in [0.4, 0.5) is 0 Å². The third kappa shape index (κ3) is 4.70. The van der Waals surface area contributed by atoms with Gasteiger partial charge in [-0.2, -0.15) is 0 Å². The van der Waals surface area contributed by atoms with E-state index in [0.717, 1.165) is 18.5 Å². The molecule has 8 nitrogen and oxygen atoms in total. The highest BCUT2D eigenvalue weighted by Gasteiger charge is 2.41. The largest absolute Gasteiger partial charge is 0.484 e. The number of fused-ring (bicyclic) bond motifs is 1. The molecule has 0 radical (unpaired) electrons. The second kappa shape index (κ2) is 8.67.